The fourth-order valence-electron chi connectivity index (χ4n) is 4.74. The molecule has 37 heavy (non-hydrogen) atoms. The third kappa shape index (κ3) is 6.87. The second kappa shape index (κ2) is 12.9. The summed E-state index contributed by atoms with van der Waals surface area (Å²) in [5.41, 5.74) is -0.407. The Morgan fingerprint density at radius 2 is 1.62 bits per heavy atom. The van der Waals surface area contributed by atoms with Crippen LogP contribution >= 0.6 is 0 Å². The Labute approximate surface area is 216 Å². The molecule has 1 aliphatic carbocycles. The van der Waals surface area contributed by atoms with E-state index in [1.165, 1.54) is 0 Å². The molecule has 1 saturated carbocycles. The van der Waals surface area contributed by atoms with Gasteiger partial charge in [0, 0.05) is 13.0 Å². The van der Waals surface area contributed by atoms with Crippen molar-refractivity contribution in [2.45, 2.75) is 52.5 Å². The molecule has 2 aromatic rings. The van der Waals surface area contributed by atoms with E-state index < -0.39 is 47.9 Å². The van der Waals surface area contributed by atoms with E-state index in [9.17, 15) is 24.3 Å². The molecule has 1 amide bonds. The fourth-order valence-corrected chi connectivity index (χ4v) is 4.74. The maximum atomic E-state index is 13.3. The van der Waals surface area contributed by atoms with E-state index in [0.29, 0.717) is 30.8 Å². The summed E-state index contributed by atoms with van der Waals surface area (Å²) in [4.78, 5) is 49.4. The summed E-state index contributed by atoms with van der Waals surface area (Å²) < 4.78 is 15.6. The zero-order valence-electron chi connectivity index (χ0n) is 21.1. The number of benzene rings is 2. The van der Waals surface area contributed by atoms with Gasteiger partial charge in [-0.15, -0.1) is 0 Å². The average Bonchev–Trinajstić information content (AvgIpc) is 2.86. The Morgan fingerprint density at radius 1 is 0.946 bits per heavy atom. The van der Waals surface area contributed by atoms with Crippen molar-refractivity contribution in [1.29, 1.82) is 0 Å². The molecule has 0 heterocycles. The number of ether oxygens (including phenoxy) is 3. The first-order valence-electron chi connectivity index (χ1n) is 12.5. The standard InChI is InChI=1S/C28H33NO8/c1-3-8-23(30)35-18-36-26(33)22-16-28(15-4-2,24(22)25(31)32)27(34)29-17-19-11-13-21(14-12-19)37-20-9-6-5-7-10-20/h5-7,9-14,22,24H,3-4,8,15-18H2,1-2H3,(H,29,34)(H,31,32). The first-order chi connectivity index (χ1) is 17.8. The topological polar surface area (TPSA) is 128 Å². The van der Waals surface area contributed by atoms with E-state index in [1.54, 1.807) is 12.1 Å². The molecule has 9 nitrogen and oxygen atoms in total. The minimum atomic E-state index is -1.23. The number of nitrogens with one attached hydrogen (secondary N) is 1. The smallest absolute Gasteiger partial charge is 0.312 e. The van der Waals surface area contributed by atoms with E-state index in [-0.39, 0.29) is 19.4 Å². The highest BCUT2D eigenvalue weighted by Crippen LogP contribution is 2.55. The highest BCUT2D eigenvalue weighted by molar-refractivity contribution is 5.95. The second-order valence-electron chi connectivity index (χ2n) is 9.12. The van der Waals surface area contributed by atoms with Crippen LogP contribution in [-0.2, 0) is 35.2 Å². The first kappa shape index (κ1) is 27.7. The lowest BCUT2D eigenvalue weighted by Gasteiger charge is -2.50. The number of hydrogen-bond acceptors (Lipinski definition) is 7. The summed E-state index contributed by atoms with van der Waals surface area (Å²) in [7, 11) is 0. The molecule has 3 rings (SSSR count). The van der Waals surface area contributed by atoms with E-state index >= 15 is 0 Å². The Bertz CT molecular complexity index is 1090. The quantitative estimate of drug-likeness (QED) is 0.298. The van der Waals surface area contributed by atoms with Gasteiger partial charge < -0.3 is 24.6 Å². The maximum absolute atomic E-state index is 13.3. The van der Waals surface area contributed by atoms with Gasteiger partial charge in [0.2, 0.25) is 12.7 Å². The van der Waals surface area contributed by atoms with Crippen LogP contribution < -0.4 is 10.1 Å². The van der Waals surface area contributed by atoms with Crippen LogP contribution in [0.2, 0.25) is 0 Å². The summed E-state index contributed by atoms with van der Waals surface area (Å²) in [6, 6.07) is 16.6. The molecule has 3 unspecified atom stereocenters. The predicted molar refractivity (Wildman–Crippen MR) is 133 cm³/mol. The third-order valence-electron chi connectivity index (χ3n) is 6.53. The highest BCUT2D eigenvalue weighted by Gasteiger charge is 2.64. The van der Waals surface area contributed by atoms with Crippen LogP contribution in [0, 0.1) is 17.3 Å². The zero-order chi connectivity index (χ0) is 26.8. The number of amides is 1. The molecule has 9 heteroatoms. The SMILES string of the molecule is CCCC(=O)OCOC(=O)C1CC(CCC)(C(=O)NCc2ccc(Oc3ccccc3)cc2)C1C(=O)O. The van der Waals surface area contributed by atoms with Gasteiger partial charge in [-0.25, -0.2) is 0 Å². The number of carboxylic acid groups (broad SMARTS) is 1. The van der Waals surface area contributed by atoms with Gasteiger partial charge in [-0.3, -0.25) is 19.2 Å². The Kier molecular flexibility index (Phi) is 9.65. The lowest BCUT2D eigenvalue weighted by molar-refractivity contribution is -0.192. The number of carbonyl (C=O) groups is 4. The van der Waals surface area contributed by atoms with Crippen LogP contribution in [0.4, 0.5) is 0 Å². The van der Waals surface area contributed by atoms with Crippen molar-refractivity contribution in [2.75, 3.05) is 6.79 Å². The minimum Gasteiger partial charge on any atom is -0.481 e. The molecule has 0 spiro atoms. The van der Waals surface area contributed by atoms with Crippen LogP contribution in [0.5, 0.6) is 11.5 Å². The number of carbonyl (C=O) groups excluding carboxylic acids is 3. The Morgan fingerprint density at radius 3 is 2.24 bits per heavy atom. The van der Waals surface area contributed by atoms with Gasteiger partial charge in [0.25, 0.3) is 0 Å². The van der Waals surface area contributed by atoms with Gasteiger partial charge in [-0.1, -0.05) is 50.6 Å². The van der Waals surface area contributed by atoms with Gasteiger partial charge in [0.15, 0.2) is 0 Å². The Hall–Kier alpha value is -3.88. The maximum Gasteiger partial charge on any atom is 0.312 e. The average molecular weight is 512 g/mol. The van der Waals surface area contributed by atoms with E-state index in [1.807, 2.05) is 56.3 Å². The number of esters is 2. The van der Waals surface area contributed by atoms with Gasteiger partial charge in [-0.05, 0) is 49.1 Å². The third-order valence-corrected chi connectivity index (χ3v) is 6.53. The molecule has 1 aliphatic rings. The van der Waals surface area contributed by atoms with Crippen molar-refractivity contribution in [2.24, 2.45) is 17.3 Å². The molecular weight excluding hydrogens is 478 g/mol. The van der Waals surface area contributed by atoms with Gasteiger partial charge >= 0.3 is 17.9 Å². The molecule has 1 fully saturated rings. The van der Waals surface area contributed by atoms with E-state index in [4.69, 9.17) is 14.2 Å². The van der Waals surface area contributed by atoms with E-state index in [0.717, 1.165) is 5.56 Å². The van der Waals surface area contributed by atoms with Crippen molar-refractivity contribution >= 4 is 23.8 Å². The lowest BCUT2D eigenvalue weighted by atomic mass is 9.51. The van der Waals surface area contributed by atoms with Crippen LogP contribution in [0.15, 0.2) is 54.6 Å². The summed E-state index contributed by atoms with van der Waals surface area (Å²) in [5, 5.41) is 12.7. The molecule has 0 aromatic heterocycles. The number of para-hydroxylation sites is 1. The van der Waals surface area contributed by atoms with Crippen molar-refractivity contribution in [3.8, 4) is 11.5 Å². The van der Waals surface area contributed by atoms with Crippen LogP contribution in [0.3, 0.4) is 0 Å². The number of hydrogen-bond donors (Lipinski definition) is 2. The van der Waals surface area contributed by atoms with Crippen LogP contribution in [-0.4, -0.2) is 35.7 Å². The molecule has 2 aromatic carbocycles. The molecule has 0 radical (unpaired) electrons. The molecule has 0 bridgehead atoms. The monoisotopic (exact) mass is 511 g/mol. The zero-order valence-corrected chi connectivity index (χ0v) is 21.1. The highest BCUT2D eigenvalue weighted by atomic mass is 16.7. The normalized spacial score (nSPS) is 20.3. The van der Waals surface area contributed by atoms with Crippen LogP contribution in [0.1, 0.15) is 51.5 Å². The molecule has 0 saturated heterocycles. The number of aliphatic carboxylic acids is 1. The van der Waals surface area contributed by atoms with Crippen molar-refractivity contribution in [3.05, 3.63) is 60.2 Å². The molecule has 2 N–H and O–H groups in total. The summed E-state index contributed by atoms with van der Waals surface area (Å²) >= 11 is 0. The molecule has 3 atom stereocenters. The van der Waals surface area contributed by atoms with Crippen molar-refractivity contribution in [3.63, 3.8) is 0 Å². The fraction of sp³-hybridized carbons (Fsp3) is 0.429. The van der Waals surface area contributed by atoms with Gasteiger partial charge in [-0.2, -0.15) is 0 Å². The molecular formula is C28H33NO8. The van der Waals surface area contributed by atoms with E-state index in [2.05, 4.69) is 5.32 Å². The van der Waals surface area contributed by atoms with Crippen LogP contribution in [0.25, 0.3) is 0 Å². The second-order valence-corrected chi connectivity index (χ2v) is 9.12. The predicted octanol–water partition coefficient (Wildman–Crippen LogP) is 4.45. The lowest BCUT2D eigenvalue weighted by Crippen LogP contribution is -2.61. The summed E-state index contributed by atoms with van der Waals surface area (Å²) in [6.45, 7) is 3.30. The van der Waals surface area contributed by atoms with Crippen molar-refractivity contribution in [1.82, 2.24) is 5.32 Å². The van der Waals surface area contributed by atoms with Gasteiger partial charge in [0.05, 0.1) is 17.3 Å². The minimum absolute atomic E-state index is 0.0508. The Balaban J connectivity index is 1.60. The molecule has 0 aliphatic heterocycles. The van der Waals surface area contributed by atoms with Crippen molar-refractivity contribution < 1.29 is 38.5 Å². The largest absolute Gasteiger partial charge is 0.481 e. The summed E-state index contributed by atoms with van der Waals surface area (Å²) in [5.74, 6) is -3.80. The van der Waals surface area contributed by atoms with Gasteiger partial charge in [0.1, 0.15) is 11.5 Å². The summed E-state index contributed by atoms with van der Waals surface area (Å²) in [6.07, 6.45) is 1.72. The first-order valence-corrected chi connectivity index (χ1v) is 12.5. The number of rotatable bonds is 13. The molecule has 198 valence electrons. The number of carboxylic acids is 1.